The lowest BCUT2D eigenvalue weighted by Gasteiger charge is -2.33. The molecule has 0 unspecified atom stereocenters. The van der Waals surface area contributed by atoms with Crippen molar-refractivity contribution in [2.45, 2.75) is 32.4 Å². The highest BCUT2D eigenvalue weighted by Crippen LogP contribution is 2.24. The normalized spacial score (nSPS) is 16.9. The average Bonchev–Trinajstić information content (AvgIpc) is 2.60. The van der Waals surface area contributed by atoms with Crippen molar-refractivity contribution in [3.63, 3.8) is 0 Å². The quantitative estimate of drug-likeness (QED) is 0.849. The minimum Gasteiger partial charge on any atom is -0.508 e. The maximum Gasteiger partial charge on any atom is 0.254 e. The van der Waals surface area contributed by atoms with Crippen molar-refractivity contribution in [3.8, 4) is 11.5 Å². The Morgan fingerprint density at radius 1 is 1.26 bits per heavy atom. The van der Waals surface area contributed by atoms with Gasteiger partial charge in [-0.2, -0.15) is 0 Å². The first kappa shape index (κ1) is 18.8. The van der Waals surface area contributed by atoms with Gasteiger partial charge < -0.3 is 20.1 Å². The summed E-state index contributed by atoms with van der Waals surface area (Å²) < 4.78 is 5.58. The molecule has 0 saturated carbocycles. The maximum absolute atomic E-state index is 12.9. The largest absolute Gasteiger partial charge is 0.508 e. The Balaban J connectivity index is 1.75. The fraction of sp³-hybridized carbons (Fsp3) is 0.333. The van der Waals surface area contributed by atoms with Gasteiger partial charge in [-0.15, -0.1) is 0 Å². The summed E-state index contributed by atoms with van der Waals surface area (Å²) in [5.74, 6) is -0.101. The van der Waals surface area contributed by atoms with Gasteiger partial charge in [0.2, 0.25) is 5.91 Å². The Hall–Kier alpha value is -3.02. The van der Waals surface area contributed by atoms with E-state index in [2.05, 4.69) is 5.32 Å². The smallest absolute Gasteiger partial charge is 0.254 e. The van der Waals surface area contributed by atoms with E-state index in [1.54, 1.807) is 6.07 Å². The molecule has 6 nitrogen and oxygen atoms in total. The van der Waals surface area contributed by atoms with Crippen LogP contribution in [0.15, 0.2) is 48.5 Å². The predicted octanol–water partition coefficient (Wildman–Crippen LogP) is 2.36. The molecule has 0 radical (unpaired) electrons. The molecule has 1 aliphatic rings. The Kier molecular flexibility index (Phi) is 5.64. The first-order valence-electron chi connectivity index (χ1n) is 9.04. The van der Waals surface area contributed by atoms with Gasteiger partial charge >= 0.3 is 0 Å². The molecule has 3 rings (SSSR count). The summed E-state index contributed by atoms with van der Waals surface area (Å²) in [6.07, 6.45) is 0.573. The third kappa shape index (κ3) is 5.00. The van der Waals surface area contributed by atoms with E-state index in [0.29, 0.717) is 24.3 Å². The van der Waals surface area contributed by atoms with Crippen molar-refractivity contribution in [1.29, 1.82) is 0 Å². The van der Waals surface area contributed by atoms with Crippen LogP contribution in [0.4, 0.5) is 0 Å². The summed E-state index contributed by atoms with van der Waals surface area (Å²) in [7, 11) is 0. The van der Waals surface area contributed by atoms with Crippen molar-refractivity contribution in [1.82, 2.24) is 10.2 Å². The first-order chi connectivity index (χ1) is 12.9. The van der Waals surface area contributed by atoms with Crippen LogP contribution in [0.1, 0.15) is 29.8 Å². The number of hydrogen-bond acceptors (Lipinski definition) is 4. The Bertz CT molecular complexity index is 820. The summed E-state index contributed by atoms with van der Waals surface area (Å²) in [5, 5.41) is 12.9. The lowest BCUT2D eigenvalue weighted by atomic mass is 10.0. The number of phenols is 1. The molecule has 27 heavy (non-hydrogen) atoms. The summed E-state index contributed by atoms with van der Waals surface area (Å²) >= 11 is 0. The zero-order valence-electron chi connectivity index (χ0n) is 15.5. The number of ether oxygens (including phenoxy) is 1. The van der Waals surface area contributed by atoms with Crippen molar-refractivity contribution in [3.05, 3.63) is 59.7 Å². The Morgan fingerprint density at radius 3 is 2.70 bits per heavy atom. The number of aromatic hydroxyl groups is 1. The molecular weight excluding hydrogens is 344 g/mol. The lowest BCUT2D eigenvalue weighted by molar-refractivity contribution is -0.124. The van der Waals surface area contributed by atoms with Gasteiger partial charge in [-0.3, -0.25) is 9.59 Å². The van der Waals surface area contributed by atoms with Gasteiger partial charge in [-0.05, 0) is 38.0 Å². The second-order valence-corrected chi connectivity index (χ2v) is 7.02. The molecule has 1 fully saturated rings. The van der Waals surface area contributed by atoms with E-state index in [1.165, 1.54) is 17.0 Å². The SMILES string of the molecule is CC(C)Oc1cc(O)cc(C(=O)N2CC(=O)N[C@@H](Cc3ccccc3)C2)c1. The summed E-state index contributed by atoms with van der Waals surface area (Å²) in [6.45, 7) is 4.15. The molecule has 0 bridgehead atoms. The lowest BCUT2D eigenvalue weighted by Crippen LogP contribution is -2.56. The fourth-order valence-electron chi connectivity index (χ4n) is 3.22. The first-order valence-corrected chi connectivity index (χ1v) is 9.04. The van der Waals surface area contributed by atoms with Crippen molar-refractivity contribution < 1.29 is 19.4 Å². The van der Waals surface area contributed by atoms with Crippen LogP contribution < -0.4 is 10.1 Å². The molecule has 0 aromatic heterocycles. The second kappa shape index (κ2) is 8.12. The van der Waals surface area contributed by atoms with Crippen LogP contribution in [-0.4, -0.2) is 47.1 Å². The maximum atomic E-state index is 12.9. The molecule has 0 aliphatic carbocycles. The molecular formula is C21H24N2O4. The van der Waals surface area contributed by atoms with E-state index in [-0.39, 0.29) is 36.3 Å². The highest BCUT2D eigenvalue weighted by Gasteiger charge is 2.29. The number of nitrogens with one attached hydrogen (secondary N) is 1. The van der Waals surface area contributed by atoms with Gasteiger partial charge in [-0.25, -0.2) is 0 Å². The van der Waals surface area contributed by atoms with E-state index < -0.39 is 0 Å². The highest BCUT2D eigenvalue weighted by molar-refractivity contribution is 5.97. The summed E-state index contributed by atoms with van der Waals surface area (Å²) in [5.41, 5.74) is 1.40. The van der Waals surface area contributed by atoms with Crippen LogP contribution in [0.25, 0.3) is 0 Å². The molecule has 1 aliphatic heterocycles. The van der Waals surface area contributed by atoms with Crippen LogP contribution in [0.2, 0.25) is 0 Å². The Labute approximate surface area is 158 Å². The topological polar surface area (TPSA) is 78.9 Å². The predicted molar refractivity (Wildman–Crippen MR) is 102 cm³/mol. The second-order valence-electron chi connectivity index (χ2n) is 7.02. The number of amides is 2. The van der Waals surface area contributed by atoms with Gasteiger partial charge in [0.15, 0.2) is 0 Å². The molecule has 6 heteroatoms. The minimum atomic E-state index is -0.299. The fourth-order valence-corrected chi connectivity index (χ4v) is 3.22. The van der Waals surface area contributed by atoms with Crippen LogP contribution >= 0.6 is 0 Å². The van der Waals surface area contributed by atoms with Crippen molar-refractivity contribution >= 4 is 11.8 Å². The number of hydrogen-bond donors (Lipinski definition) is 2. The minimum absolute atomic E-state index is 0.000149. The number of rotatable bonds is 5. The average molecular weight is 368 g/mol. The zero-order valence-corrected chi connectivity index (χ0v) is 15.5. The van der Waals surface area contributed by atoms with Crippen LogP contribution in [0, 0.1) is 0 Å². The molecule has 1 heterocycles. The van der Waals surface area contributed by atoms with Crippen molar-refractivity contribution in [2.24, 2.45) is 0 Å². The van der Waals surface area contributed by atoms with Gasteiger partial charge in [0.1, 0.15) is 11.5 Å². The molecule has 2 amide bonds. The van der Waals surface area contributed by atoms with Gasteiger partial charge in [0, 0.05) is 18.2 Å². The van der Waals surface area contributed by atoms with Gasteiger partial charge in [0.05, 0.1) is 18.7 Å². The molecule has 142 valence electrons. The van der Waals surface area contributed by atoms with Crippen LogP contribution in [0.5, 0.6) is 11.5 Å². The standard InChI is InChI=1S/C21H24N2O4/c1-14(2)27-19-10-16(9-18(24)11-19)21(26)23-12-17(22-20(25)13-23)8-15-6-4-3-5-7-15/h3-7,9-11,14,17,24H,8,12-13H2,1-2H3,(H,22,25)/t17-/m0/s1. The highest BCUT2D eigenvalue weighted by atomic mass is 16.5. The van der Waals surface area contributed by atoms with Crippen molar-refractivity contribution in [2.75, 3.05) is 13.1 Å². The van der Waals surface area contributed by atoms with Gasteiger partial charge in [-0.1, -0.05) is 30.3 Å². The molecule has 1 saturated heterocycles. The van der Waals surface area contributed by atoms with E-state index in [9.17, 15) is 14.7 Å². The number of piperazine rings is 1. The summed E-state index contributed by atoms with van der Waals surface area (Å²) in [4.78, 5) is 26.5. The van der Waals surface area contributed by atoms with Gasteiger partial charge in [0.25, 0.3) is 5.91 Å². The van der Waals surface area contributed by atoms with E-state index in [4.69, 9.17) is 4.74 Å². The number of carbonyl (C=O) groups excluding carboxylic acids is 2. The number of nitrogens with zero attached hydrogens (tertiary/aromatic N) is 1. The van der Waals surface area contributed by atoms with E-state index >= 15 is 0 Å². The third-order valence-corrected chi connectivity index (χ3v) is 4.26. The zero-order chi connectivity index (χ0) is 19.4. The number of phenolic OH excluding ortho intramolecular Hbond substituents is 1. The van der Waals surface area contributed by atoms with Crippen LogP contribution in [-0.2, 0) is 11.2 Å². The van der Waals surface area contributed by atoms with E-state index in [1.807, 2.05) is 44.2 Å². The molecule has 2 N–H and O–H groups in total. The monoisotopic (exact) mass is 368 g/mol. The van der Waals surface area contributed by atoms with E-state index in [0.717, 1.165) is 5.56 Å². The molecule has 1 atom stereocenters. The number of carbonyl (C=O) groups is 2. The molecule has 2 aromatic carbocycles. The third-order valence-electron chi connectivity index (χ3n) is 4.26. The molecule has 2 aromatic rings. The Morgan fingerprint density at radius 2 is 2.00 bits per heavy atom. The summed E-state index contributed by atoms with van der Waals surface area (Å²) in [6, 6.07) is 14.2. The molecule has 0 spiro atoms. The van der Waals surface area contributed by atoms with Crippen LogP contribution in [0.3, 0.4) is 0 Å². The number of benzene rings is 2.